The molecule has 2 aromatic rings. The summed E-state index contributed by atoms with van der Waals surface area (Å²) in [7, 11) is 0. The predicted molar refractivity (Wildman–Crippen MR) is 81.1 cm³/mol. The van der Waals surface area contributed by atoms with Gasteiger partial charge in [-0.05, 0) is 17.7 Å². The standard InChI is InChI=1S/C15H16N2O2S/c16-15(20)14(11-5-2-1-3-6-11)17-13(18)9-8-12-7-4-10-19-12/h1-7,10,14H,8-9H2,(H2,16,20)(H,17,18). The van der Waals surface area contributed by atoms with Gasteiger partial charge in [0.25, 0.3) is 0 Å². The molecule has 0 spiro atoms. The fourth-order valence-corrected chi connectivity index (χ4v) is 2.08. The van der Waals surface area contributed by atoms with Crippen LogP contribution in [0.25, 0.3) is 0 Å². The predicted octanol–water partition coefficient (Wildman–Crippen LogP) is 2.36. The van der Waals surface area contributed by atoms with Gasteiger partial charge in [0.1, 0.15) is 16.8 Å². The summed E-state index contributed by atoms with van der Waals surface area (Å²) < 4.78 is 5.19. The van der Waals surface area contributed by atoms with Gasteiger partial charge in [-0.15, -0.1) is 0 Å². The number of furan rings is 1. The van der Waals surface area contributed by atoms with Crippen molar-refractivity contribution < 1.29 is 9.21 Å². The summed E-state index contributed by atoms with van der Waals surface area (Å²) in [5.41, 5.74) is 6.59. The molecule has 4 nitrogen and oxygen atoms in total. The SMILES string of the molecule is NC(=S)C(NC(=O)CCc1ccco1)c1ccccc1. The van der Waals surface area contributed by atoms with E-state index in [4.69, 9.17) is 22.4 Å². The van der Waals surface area contributed by atoms with Crippen LogP contribution in [0.1, 0.15) is 23.8 Å². The van der Waals surface area contributed by atoms with E-state index in [1.165, 1.54) is 0 Å². The Kier molecular flexibility index (Phi) is 4.90. The number of nitrogens with one attached hydrogen (secondary N) is 1. The Labute approximate surface area is 123 Å². The number of aryl methyl sites for hydroxylation is 1. The lowest BCUT2D eigenvalue weighted by Gasteiger charge is -2.17. The number of nitrogens with two attached hydrogens (primary N) is 1. The molecule has 0 saturated heterocycles. The number of thiocarbonyl (C=S) groups is 1. The molecule has 1 atom stereocenters. The zero-order valence-corrected chi connectivity index (χ0v) is 11.7. The van der Waals surface area contributed by atoms with Gasteiger partial charge in [-0.3, -0.25) is 4.79 Å². The van der Waals surface area contributed by atoms with E-state index in [1.54, 1.807) is 12.3 Å². The van der Waals surface area contributed by atoms with Crippen molar-refractivity contribution in [2.45, 2.75) is 18.9 Å². The van der Waals surface area contributed by atoms with E-state index in [2.05, 4.69) is 5.32 Å². The zero-order chi connectivity index (χ0) is 14.4. The van der Waals surface area contributed by atoms with Crippen molar-refractivity contribution in [3.8, 4) is 0 Å². The molecule has 1 aromatic heterocycles. The molecule has 20 heavy (non-hydrogen) atoms. The molecule has 0 aliphatic rings. The van der Waals surface area contributed by atoms with Gasteiger partial charge in [-0.2, -0.15) is 0 Å². The minimum atomic E-state index is -0.435. The highest BCUT2D eigenvalue weighted by Gasteiger charge is 2.17. The quantitative estimate of drug-likeness (QED) is 0.801. The maximum absolute atomic E-state index is 12.0. The van der Waals surface area contributed by atoms with E-state index in [9.17, 15) is 4.79 Å². The lowest BCUT2D eigenvalue weighted by atomic mass is 10.1. The van der Waals surface area contributed by atoms with Gasteiger partial charge in [-0.1, -0.05) is 42.5 Å². The number of rotatable bonds is 6. The number of amides is 1. The van der Waals surface area contributed by atoms with Crippen LogP contribution >= 0.6 is 12.2 Å². The maximum atomic E-state index is 12.0. The summed E-state index contributed by atoms with van der Waals surface area (Å²) >= 11 is 5.03. The zero-order valence-electron chi connectivity index (χ0n) is 10.9. The third kappa shape index (κ3) is 3.93. The largest absolute Gasteiger partial charge is 0.469 e. The molecule has 1 heterocycles. The summed E-state index contributed by atoms with van der Waals surface area (Å²) in [5.74, 6) is 0.676. The molecule has 0 fully saturated rings. The third-order valence-electron chi connectivity index (χ3n) is 2.90. The second-order valence-corrected chi connectivity index (χ2v) is 4.86. The number of carbonyl (C=O) groups is 1. The average Bonchev–Trinajstić information content (AvgIpc) is 2.96. The Hall–Kier alpha value is -2.14. The Balaban J connectivity index is 1.95. The molecule has 0 saturated carbocycles. The fraction of sp³-hybridized carbons (Fsp3) is 0.200. The molecule has 1 unspecified atom stereocenters. The summed E-state index contributed by atoms with van der Waals surface area (Å²) in [6, 6.07) is 12.7. The number of hydrogen-bond donors (Lipinski definition) is 2. The second kappa shape index (κ2) is 6.86. The molecule has 0 aliphatic carbocycles. The molecule has 1 amide bonds. The summed E-state index contributed by atoms with van der Waals surface area (Å²) in [5, 5.41) is 2.85. The first-order valence-corrected chi connectivity index (χ1v) is 6.73. The first kappa shape index (κ1) is 14.3. The van der Waals surface area contributed by atoms with Crippen LogP contribution in [-0.4, -0.2) is 10.9 Å². The van der Waals surface area contributed by atoms with Gasteiger partial charge in [0.2, 0.25) is 5.91 Å². The van der Waals surface area contributed by atoms with E-state index in [0.29, 0.717) is 12.8 Å². The van der Waals surface area contributed by atoms with E-state index < -0.39 is 6.04 Å². The molecule has 0 aliphatic heterocycles. The minimum Gasteiger partial charge on any atom is -0.469 e. The lowest BCUT2D eigenvalue weighted by molar-refractivity contribution is -0.121. The third-order valence-corrected chi connectivity index (χ3v) is 3.14. The van der Waals surface area contributed by atoms with Crippen LogP contribution in [0.3, 0.4) is 0 Å². The smallest absolute Gasteiger partial charge is 0.221 e. The van der Waals surface area contributed by atoms with Crippen LogP contribution < -0.4 is 11.1 Å². The first-order chi connectivity index (χ1) is 9.66. The molecule has 3 N–H and O–H groups in total. The van der Waals surface area contributed by atoms with Gasteiger partial charge in [0.05, 0.1) is 6.26 Å². The van der Waals surface area contributed by atoms with Crippen LogP contribution in [0.15, 0.2) is 53.1 Å². The first-order valence-electron chi connectivity index (χ1n) is 6.33. The molecule has 5 heteroatoms. The average molecular weight is 288 g/mol. The highest BCUT2D eigenvalue weighted by atomic mass is 32.1. The molecular weight excluding hydrogens is 272 g/mol. The normalized spacial score (nSPS) is 11.8. The Morgan fingerprint density at radius 2 is 2.00 bits per heavy atom. The number of hydrogen-bond acceptors (Lipinski definition) is 3. The van der Waals surface area contributed by atoms with Crippen molar-refractivity contribution in [2.75, 3.05) is 0 Å². The van der Waals surface area contributed by atoms with Crippen LogP contribution in [-0.2, 0) is 11.2 Å². The van der Waals surface area contributed by atoms with Gasteiger partial charge >= 0.3 is 0 Å². The fourth-order valence-electron chi connectivity index (χ4n) is 1.89. The second-order valence-electron chi connectivity index (χ2n) is 4.39. The van der Waals surface area contributed by atoms with Crippen LogP contribution in [0, 0.1) is 0 Å². The molecule has 1 aromatic carbocycles. The summed E-state index contributed by atoms with van der Waals surface area (Å²) in [4.78, 5) is 12.2. The Morgan fingerprint density at radius 1 is 1.25 bits per heavy atom. The van der Waals surface area contributed by atoms with Crippen molar-refractivity contribution >= 4 is 23.1 Å². The summed E-state index contributed by atoms with van der Waals surface area (Å²) in [6.45, 7) is 0. The highest BCUT2D eigenvalue weighted by Crippen LogP contribution is 2.13. The molecule has 0 radical (unpaired) electrons. The van der Waals surface area contributed by atoms with Crippen molar-refractivity contribution in [3.05, 3.63) is 60.1 Å². The Morgan fingerprint density at radius 3 is 2.60 bits per heavy atom. The van der Waals surface area contributed by atoms with Crippen LogP contribution in [0.2, 0.25) is 0 Å². The highest BCUT2D eigenvalue weighted by molar-refractivity contribution is 7.80. The van der Waals surface area contributed by atoms with Gasteiger partial charge < -0.3 is 15.5 Å². The van der Waals surface area contributed by atoms with Crippen molar-refractivity contribution in [1.82, 2.24) is 5.32 Å². The van der Waals surface area contributed by atoms with E-state index >= 15 is 0 Å². The molecule has 104 valence electrons. The van der Waals surface area contributed by atoms with Gasteiger partial charge in [0, 0.05) is 12.8 Å². The minimum absolute atomic E-state index is 0.108. The molecular formula is C15H16N2O2S. The number of benzene rings is 1. The molecule has 2 rings (SSSR count). The van der Waals surface area contributed by atoms with Gasteiger partial charge in [-0.25, -0.2) is 0 Å². The summed E-state index contributed by atoms with van der Waals surface area (Å²) in [6.07, 6.45) is 2.48. The topological polar surface area (TPSA) is 68.3 Å². The van der Waals surface area contributed by atoms with Crippen molar-refractivity contribution in [3.63, 3.8) is 0 Å². The van der Waals surface area contributed by atoms with E-state index in [1.807, 2.05) is 36.4 Å². The van der Waals surface area contributed by atoms with E-state index in [-0.39, 0.29) is 10.9 Å². The van der Waals surface area contributed by atoms with Crippen molar-refractivity contribution in [1.29, 1.82) is 0 Å². The van der Waals surface area contributed by atoms with Crippen molar-refractivity contribution in [2.24, 2.45) is 5.73 Å². The Bertz CT molecular complexity index is 567. The molecule has 0 bridgehead atoms. The number of carbonyl (C=O) groups excluding carboxylic acids is 1. The lowest BCUT2D eigenvalue weighted by Crippen LogP contribution is -2.36. The monoisotopic (exact) mass is 288 g/mol. The van der Waals surface area contributed by atoms with E-state index in [0.717, 1.165) is 11.3 Å². The van der Waals surface area contributed by atoms with Crippen LogP contribution in [0.4, 0.5) is 0 Å². The maximum Gasteiger partial charge on any atom is 0.221 e. The van der Waals surface area contributed by atoms with Crippen LogP contribution in [0.5, 0.6) is 0 Å². The van der Waals surface area contributed by atoms with Gasteiger partial charge in [0.15, 0.2) is 0 Å².